The van der Waals surface area contributed by atoms with E-state index in [0.717, 1.165) is 39.2 Å². The summed E-state index contributed by atoms with van der Waals surface area (Å²) in [7, 11) is 3.30. The molecule has 4 nitrogen and oxygen atoms in total. The van der Waals surface area contributed by atoms with Crippen molar-refractivity contribution in [2.75, 3.05) is 14.2 Å². The molecule has 0 spiro atoms. The highest BCUT2D eigenvalue weighted by Crippen LogP contribution is 2.37. The van der Waals surface area contributed by atoms with Gasteiger partial charge in [0.2, 0.25) is 0 Å². The average molecular weight is 304 g/mol. The Morgan fingerprint density at radius 1 is 0.913 bits per heavy atom. The van der Waals surface area contributed by atoms with Crippen molar-refractivity contribution in [1.82, 2.24) is 9.97 Å². The van der Waals surface area contributed by atoms with Crippen molar-refractivity contribution in [3.05, 3.63) is 54.7 Å². The summed E-state index contributed by atoms with van der Waals surface area (Å²) < 4.78 is 10.8. The first-order chi connectivity index (χ1) is 11.3. The van der Waals surface area contributed by atoms with Crippen molar-refractivity contribution in [2.45, 2.75) is 0 Å². The Hall–Kier alpha value is -3.01. The Morgan fingerprint density at radius 2 is 1.78 bits per heavy atom. The summed E-state index contributed by atoms with van der Waals surface area (Å²) in [5, 5.41) is 2.35. The monoisotopic (exact) mass is 304 g/mol. The van der Waals surface area contributed by atoms with E-state index in [2.05, 4.69) is 22.1 Å². The van der Waals surface area contributed by atoms with Gasteiger partial charge in [-0.05, 0) is 24.3 Å². The van der Waals surface area contributed by atoms with Gasteiger partial charge in [-0.2, -0.15) is 0 Å². The third kappa shape index (κ3) is 2.11. The number of pyridine rings is 1. The zero-order chi connectivity index (χ0) is 15.8. The molecule has 2 aromatic carbocycles. The van der Waals surface area contributed by atoms with E-state index in [-0.39, 0.29) is 0 Å². The second-order valence-electron chi connectivity index (χ2n) is 5.32. The fourth-order valence-corrected chi connectivity index (χ4v) is 2.97. The van der Waals surface area contributed by atoms with Crippen molar-refractivity contribution in [3.63, 3.8) is 0 Å². The lowest BCUT2D eigenvalue weighted by molar-refractivity contribution is 0.395. The molecule has 1 N–H and O–H groups in total. The molecule has 4 aromatic rings. The van der Waals surface area contributed by atoms with E-state index in [4.69, 9.17) is 9.47 Å². The van der Waals surface area contributed by atoms with Crippen LogP contribution < -0.4 is 9.47 Å². The molecular formula is C19H16N2O2. The van der Waals surface area contributed by atoms with Crippen molar-refractivity contribution in [3.8, 4) is 22.8 Å². The molecule has 4 rings (SSSR count). The number of benzene rings is 2. The van der Waals surface area contributed by atoms with Gasteiger partial charge in [0.15, 0.2) is 0 Å². The number of ether oxygens (including phenoxy) is 2. The predicted molar refractivity (Wildman–Crippen MR) is 92.1 cm³/mol. The summed E-state index contributed by atoms with van der Waals surface area (Å²) in [6.07, 6.45) is 1.83. The highest BCUT2D eigenvalue weighted by Gasteiger charge is 2.14. The molecule has 0 radical (unpaired) electrons. The highest BCUT2D eigenvalue weighted by atomic mass is 16.5. The molecule has 0 bridgehead atoms. The summed E-state index contributed by atoms with van der Waals surface area (Å²) in [5.74, 6) is 1.50. The fourth-order valence-electron chi connectivity index (χ4n) is 2.97. The quantitative estimate of drug-likeness (QED) is 0.610. The van der Waals surface area contributed by atoms with Gasteiger partial charge in [0.05, 0.1) is 25.4 Å². The van der Waals surface area contributed by atoms with Crippen LogP contribution in [0.3, 0.4) is 0 Å². The average Bonchev–Trinajstić information content (AvgIpc) is 3.00. The standard InChI is InChI=1S/C19H16N2O2/c1-22-12-7-8-15(17(11-12)23-2)18-19-14(9-10-20-18)13-5-3-4-6-16(13)21-19/h3-11,21H,1-2H3. The van der Waals surface area contributed by atoms with Crippen LogP contribution in [0.4, 0.5) is 0 Å². The molecule has 2 aromatic heterocycles. The lowest BCUT2D eigenvalue weighted by Gasteiger charge is -2.10. The summed E-state index contributed by atoms with van der Waals surface area (Å²) in [4.78, 5) is 8.06. The number of nitrogens with one attached hydrogen (secondary N) is 1. The third-order valence-corrected chi connectivity index (χ3v) is 4.09. The first-order valence-corrected chi connectivity index (χ1v) is 7.39. The molecular weight excluding hydrogens is 288 g/mol. The number of H-pyrrole nitrogens is 1. The Bertz CT molecular complexity index is 1000. The Morgan fingerprint density at radius 3 is 2.61 bits per heavy atom. The van der Waals surface area contributed by atoms with Crippen LogP contribution in [0, 0.1) is 0 Å². The normalized spacial score (nSPS) is 11.0. The maximum Gasteiger partial charge on any atom is 0.132 e. The maximum absolute atomic E-state index is 5.53. The number of rotatable bonds is 3. The topological polar surface area (TPSA) is 47.1 Å². The molecule has 0 fully saturated rings. The van der Waals surface area contributed by atoms with Gasteiger partial charge in [0, 0.05) is 34.1 Å². The molecule has 0 saturated carbocycles. The number of hydrogen-bond acceptors (Lipinski definition) is 3. The lowest BCUT2D eigenvalue weighted by atomic mass is 10.1. The second kappa shape index (κ2) is 5.32. The predicted octanol–water partition coefficient (Wildman–Crippen LogP) is 4.40. The number of aromatic nitrogens is 2. The highest BCUT2D eigenvalue weighted by molar-refractivity contribution is 6.11. The summed E-state index contributed by atoms with van der Waals surface area (Å²) in [6, 6.07) is 16.1. The van der Waals surface area contributed by atoms with E-state index >= 15 is 0 Å². The zero-order valence-corrected chi connectivity index (χ0v) is 13.0. The minimum Gasteiger partial charge on any atom is -0.497 e. The number of para-hydroxylation sites is 1. The largest absolute Gasteiger partial charge is 0.497 e. The van der Waals surface area contributed by atoms with E-state index < -0.39 is 0 Å². The van der Waals surface area contributed by atoms with Crippen LogP contribution in [-0.4, -0.2) is 24.2 Å². The van der Waals surface area contributed by atoms with Crippen LogP contribution in [0.15, 0.2) is 54.7 Å². The van der Waals surface area contributed by atoms with Crippen LogP contribution >= 0.6 is 0 Å². The van der Waals surface area contributed by atoms with Gasteiger partial charge < -0.3 is 14.5 Å². The minimum absolute atomic E-state index is 0.739. The molecule has 0 aliphatic rings. The molecule has 0 aliphatic carbocycles. The van der Waals surface area contributed by atoms with Crippen LogP contribution in [-0.2, 0) is 0 Å². The van der Waals surface area contributed by atoms with Crippen LogP contribution in [0.1, 0.15) is 0 Å². The van der Waals surface area contributed by atoms with E-state index in [1.54, 1.807) is 14.2 Å². The van der Waals surface area contributed by atoms with Gasteiger partial charge in [0.25, 0.3) is 0 Å². The SMILES string of the molecule is COc1ccc(-c2nccc3c2[nH]c2ccccc23)c(OC)c1. The minimum atomic E-state index is 0.739. The van der Waals surface area contributed by atoms with Gasteiger partial charge in [-0.3, -0.25) is 4.98 Å². The van der Waals surface area contributed by atoms with Gasteiger partial charge in [-0.15, -0.1) is 0 Å². The first kappa shape index (κ1) is 13.6. The number of aromatic amines is 1. The molecule has 2 heterocycles. The lowest BCUT2D eigenvalue weighted by Crippen LogP contribution is -1.92. The van der Waals surface area contributed by atoms with Crippen molar-refractivity contribution in [2.24, 2.45) is 0 Å². The summed E-state index contributed by atoms with van der Waals surface area (Å²) in [5.41, 5.74) is 3.92. The number of nitrogens with zero attached hydrogens (tertiary/aromatic N) is 1. The van der Waals surface area contributed by atoms with Gasteiger partial charge in [-0.25, -0.2) is 0 Å². The number of hydrogen-bond donors (Lipinski definition) is 1. The molecule has 0 amide bonds. The van der Waals surface area contributed by atoms with Crippen LogP contribution in [0.25, 0.3) is 33.1 Å². The number of methoxy groups -OCH3 is 2. The van der Waals surface area contributed by atoms with E-state index in [1.807, 2.05) is 42.6 Å². The van der Waals surface area contributed by atoms with E-state index in [9.17, 15) is 0 Å². The van der Waals surface area contributed by atoms with Crippen LogP contribution in [0.5, 0.6) is 11.5 Å². The second-order valence-corrected chi connectivity index (χ2v) is 5.32. The van der Waals surface area contributed by atoms with Gasteiger partial charge >= 0.3 is 0 Å². The van der Waals surface area contributed by atoms with Crippen LogP contribution in [0.2, 0.25) is 0 Å². The smallest absolute Gasteiger partial charge is 0.132 e. The van der Waals surface area contributed by atoms with Crippen molar-refractivity contribution >= 4 is 21.8 Å². The maximum atomic E-state index is 5.53. The van der Waals surface area contributed by atoms with Gasteiger partial charge in [0.1, 0.15) is 11.5 Å². The molecule has 0 saturated heterocycles. The molecule has 0 unspecified atom stereocenters. The Kier molecular flexibility index (Phi) is 3.15. The molecule has 4 heteroatoms. The Labute approximate surface area is 133 Å². The zero-order valence-electron chi connectivity index (χ0n) is 13.0. The molecule has 0 aliphatic heterocycles. The number of fused-ring (bicyclic) bond motifs is 3. The summed E-state index contributed by atoms with van der Waals surface area (Å²) >= 11 is 0. The molecule has 0 atom stereocenters. The van der Waals surface area contributed by atoms with E-state index in [1.165, 1.54) is 5.39 Å². The molecule has 114 valence electrons. The fraction of sp³-hybridized carbons (Fsp3) is 0.105. The van der Waals surface area contributed by atoms with Gasteiger partial charge in [-0.1, -0.05) is 18.2 Å². The van der Waals surface area contributed by atoms with E-state index in [0.29, 0.717) is 0 Å². The first-order valence-electron chi connectivity index (χ1n) is 7.39. The van der Waals surface area contributed by atoms with Crippen molar-refractivity contribution in [1.29, 1.82) is 0 Å². The summed E-state index contributed by atoms with van der Waals surface area (Å²) in [6.45, 7) is 0. The Balaban J connectivity index is 2.02. The van der Waals surface area contributed by atoms with Crippen molar-refractivity contribution < 1.29 is 9.47 Å². The third-order valence-electron chi connectivity index (χ3n) is 4.09. The molecule has 23 heavy (non-hydrogen) atoms.